The van der Waals surface area contributed by atoms with Crippen molar-refractivity contribution in [1.82, 2.24) is 9.55 Å². The molecule has 1 aliphatic heterocycles. The van der Waals surface area contributed by atoms with E-state index in [-0.39, 0.29) is 0 Å². The molecule has 0 bridgehead atoms. The van der Waals surface area contributed by atoms with Gasteiger partial charge in [-0.05, 0) is 35.7 Å². The molecule has 3 heteroatoms. The summed E-state index contributed by atoms with van der Waals surface area (Å²) in [5, 5.41) is 2.63. The molecule has 0 saturated carbocycles. The first-order chi connectivity index (χ1) is 11.2. The lowest BCUT2D eigenvalue weighted by Crippen LogP contribution is -2.04. The quantitative estimate of drug-likeness (QED) is 0.391. The first kappa shape index (κ1) is 13.2. The molecule has 0 saturated heterocycles. The molecule has 3 heterocycles. The Hall–Kier alpha value is -2.26. The van der Waals surface area contributed by atoms with Crippen LogP contribution in [0.25, 0.3) is 27.6 Å². The fraction of sp³-hybridized carbons (Fsp3) is 0.150. The summed E-state index contributed by atoms with van der Waals surface area (Å²) in [6.45, 7) is 4.49. The minimum absolute atomic E-state index is 0.519. The van der Waals surface area contributed by atoms with E-state index in [1.807, 2.05) is 24.0 Å². The van der Waals surface area contributed by atoms with Gasteiger partial charge in [-0.1, -0.05) is 49.9 Å². The Bertz CT molecular complexity index is 1080. The monoisotopic (exact) mass is 316 g/mol. The summed E-state index contributed by atoms with van der Waals surface area (Å²) < 4.78 is 2.34. The fourth-order valence-electron chi connectivity index (χ4n) is 3.46. The molecule has 112 valence electrons. The van der Waals surface area contributed by atoms with Crippen LogP contribution in [0.5, 0.6) is 0 Å². The van der Waals surface area contributed by atoms with Crippen molar-refractivity contribution in [2.45, 2.75) is 29.6 Å². The van der Waals surface area contributed by atoms with Gasteiger partial charge in [0.25, 0.3) is 0 Å². The van der Waals surface area contributed by atoms with Crippen molar-refractivity contribution in [2.24, 2.45) is 0 Å². The summed E-state index contributed by atoms with van der Waals surface area (Å²) in [6, 6.07) is 17.6. The second-order valence-electron chi connectivity index (χ2n) is 6.35. The van der Waals surface area contributed by atoms with Gasteiger partial charge in [0.2, 0.25) is 0 Å². The van der Waals surface area contributed by atoms with Crippen LogP contribution in [-0.2, 0) is 0 Å². The minimum atomic E-state index is 0.519. The Labute approximate surface area is 139 Å². The Balaban J connectivity index is 2.02. The standard InChI is InChI=1S/C20H16N2S/c1-12(2)13-8-9-14-15-5-3-6-17-19(15)22(16(14)11-13)20-18(23-17)7-4-10-21-20/h3-12H,1-2H3. The van der Waals surface area contributed by atoms with E-state index in [0.717, 1.165) is 5.82 Å². The van der Waals surface area contributed by atoms with Gasteiger partial charge in [0.15, 0.2) is 5.82 Å². The minimum Gasteiger partial charge on any atom is -0.292 e. The van der Waals surface area contributed by atoms with Crippen molar-refractivity contribution in [3.63, 3.8) is 0 Å². The van der Waals surface area contributed by atoms with Crippen molar-refractivity contribution in [3.05, 3.63) is 60.3 Å². The molecule has 0 unspecified atom stereocenters. The van der Waals surface area contributed by atoms with E-state index in [2.05, 4.69) is 65.9 Å². The summed E-state index contributed by atoms with van der Waals surface area (Å²) in [5.74, 6) is 1.57. The summed E-state index contributed by atoms with van der Waals surface area (Å²) in [6.07, 6.45) is 1.89. The van der Waals surface area contributed by atoms with Gasteiger partial charge in [-0.2, -0.15) is 0 Å². The number of hydrogen-bond acceptors (Lipinski definition) is 2. The predicted octanol–water partition coefficient (Wildman–Crippen LogP) is 5.77. The highest BCUT2D eigenvalue weighted by molar-refractivity contribution is 7.99. The van der Waals surface area contributed by atoms with Crippen molar-refractivity contribution in [2.75, 3.05) is 0 Å². The molecule has 0 fully saturated rings. The van der Waals surface area contributed by atoms with E-state index in [1.165, 1.54) is 37.2 Å². The Morgan fingerprint density at radius 2 is 1.83 bits per heavy atom. The maximum Gasteiger partial charge on any atom is 0.151 e. The van der Waals surface area contributed by atoms with Crippen molar-refractivity contribution >= 4 is 33.6 Å². The maximum atomic E-state index is 4.68. The van der Waals surface area contributed by atoms with Crippen LogP contribution in [0, 0.1) is 0 Å². The third-order valence-corrected chi connectivity index (χ3v) is 5.71. The van der Waals surface area contributed by atoms with Crippen LogP contribution >= 0.6 is 11.8 Å². The maximum absolute atomic E-state index is 4.68. The van der Waals surface area contributed by atoms with E-state index >= 15 is 0 Å². The number of hydrogen-bond donors (Lipinski definition) is 0. The third-order valence-electron chi connectivity index (χ3n) is 4.62. The summed E-state index contributed by atoms with van der Waals surface area (Å²) in [7, 11) is 0. The molecule has 0 N–H and O–H groups in total. The van der Waals surface area contributed by atoms with Crippen LogP contribution in [0.3, 0.4) is 0 Å². The van der Waals surface area contributed by atoms with E-state index in [4.69, 9.17) is 0 Å². The molecule has 0 spiro atoms. The van der Waals surface area contributed by atoms with Gasteiger partial charge >= 0.3 is 0 Å². The van der Waals surface area contributed by atoms with Crippen LogP contribution in [-0.4, -0.2) is 9.55 Å². The average Bonchev–Trinajstić information content (AvgIpc) is 2.91. The van der Waals surface area contributed by atoms with Gasteiger partial charge in [-0.25, -0.2) is 4.98 Å². The third kappa shape index (κ3) is 1.74. The second-order valence-corrected chi connectivity index (χ2v) is 7.43. The summed E-state index contributed by atoms with van der Waals surface area (Å²) >= 11 is 1.82. The summed E-state index contributed by atoms with van der Waals surface area (Å²) in [5.41, 5.74) is 3.92. The SMILES string of the molecule is CC(C)c1ccc2c3cccc4c3n(c2c1)-c1ncccc1S4. The highest BCUT2D eigenvalue weighted by Gasteiger charge is 2.23. The summed E-state index contributed by atoms with van der Waals surface area (Å²) in [4.78, 5) is 7.21. The second kappa shape index (κ2) is 4.62. The zero-order valence-electron chi connectivity index (χ0n) is 13.1. The zero-order valence-corrected chi connectivity index (χ0v) is 13.9. The largest absolute Gasteiger partial charge is 0.292 e. The van der Waals surface area contributed by atoms with Gasteiger partial charge in [-0.3, -0.25) is 4.57 Å². The van der Waals surface area contributed by atoms with Crippen molar-refractivity contribution in [1.29, 1.82) is 0 Å². The Kier molecular flexibility index (Phi) is 2.65. The van der Waals surface area contributed by atoms with Crippen molar-refractivity contribution < 1.29 is 0 Å². The molecular weight excluding hydrogens is 300 g/mol. The number of nitrogens with zero attached hydrogens (tertiary/aromatic N) is 2. The van der Waals surface area contributed by atoms with Crippen LogP contribution < -0.4 is 0 Å². The molecule has 0 amide bonds. The first-order valence-corrected chi connectivity index (χ1v) is 8.76. The van der Waals surface area contributed by atoms with Gasteiger partial charge in [-0.15, -0.1) is 0 Å². The number of benzene rings is 2. The number of pyridine rings is 1. The molecular formula is C20H16N2S. The van der Waals surface area contributed by atoms with Gasteiger partial charge in [0.1, 0.15) is 0 Å². The highest BCUT2D eigenvalue weighted by atomic mass is 32.2. The zero-order chi connectivity index (χ0) is 15.6. The number of aromatic nitrogens is 2. The molecule has 0 atom stereocenters. The highest BCUT2D eigenvalue weighted by Crippen LogP contribution is 2.45. The van der Waals surface area contributed by atoms with Gasteiger partial charge in [0.05, 0.1) is 15.9 Å². The number of rotatable bonds is 1. The normalized spacial score (nSPS) is 13.0. The Morgan fingerprint density at radius 3 is 2.70 bits per heavy atom. The molecule has 5 rings (SSSR count). The topological polar surface area (TPSA) is 17.8 Å². The van der Waals surface area contributed by atoms with E-state index in [9.17, 15) is 0 Å². The van der Waals surface area contributed by atoms with Gasteiger partial charge < -0.3 is 0 Å². The molecule has 0 radical (unpaired) electrons. The molecule has 2 aromatic carbocycles. The van der Waals surface area contributed by atoms with Crippen LogP contribution in [0.2, 0.25) is 0 Å². The lowest BCUT2D eigenvalue weighted by atomic mass is 10.0. The van der Waals surface area contributed by atoms with E-state index in [1.54, 1.807) is 0 Å². The first-order valence-electron chi connectivity index (χ1n) is 7.94. The molecule has 2 aromatic heterocycles. The number of fused-ring (bicyclic) bond motifs is 5. The fourth-order valence-corrected chi connectivity index (χ4v) is 4.53. The average molecular weight is 316 g/mol. The Morgan fingerprint density at radius 1 is 0.957 bits per heavy atom. The lowest BCUT2D eigenvalue weighted by Gasteiger charge is -2.18. The van der Waals surface area contributed by atoms with Crippen LogP contribution in [0.15, 0.2) is 64.5 Å². The molecule has 0 aliphatic carbocycles. The molecule has 4 aromatic rings. The molecule has 2 nitrogen and oxygen atoms in total. The van der Waals surface area contributed by atoms with E-state index in [0.29, 0.717) is 5.92 Å². The molecule has 23 heavy (non-hydrogen) atoms. The van der Waals surface area contributed by atoms with Crippen LogP contribution in [0.1, 0.15) is 25.3 Å². The predicted molar refractivity (Wildman–Crippen MR) is 96.8 cm³/mol. The van der Waals surface area contributed by atoms with E-state index < -0.39 is 0 Å². The lowest BCUT2D eigenvalue weighted by molar-refractivity contribution is 0.867. The van der Waals surface area contributed by atoms with Gasteiger partial charge in [0, 0.05) is 21.9 Å². The van der Waals surface area contributed by atoms with Crippen LogP contribution in [0.4, 0.5) is 0 Å². The smallest absolute Gasteiger partial charge is 0.151 e. The molecule has 1 aliphatic rings. The van der Waals surface area contributed by atoms with Crippen molar-refractivity contribution in [3.8, 4) is 5.82 Å². The number of para-hydroxylation sites is 1.